The number of hydrogen-bond donors (Lipinski definition) is 1. The number of benzene rings is 1. The smallest absolute Gasteiger partial charge is 0.353 e. The minimum Gasteiger partial charge on any atom is -0.459 e. The highest BCUT2D eigenvalue weighted by atomic mass is 35.7. The van der Waals surface area contributed by atoms with E-state index in [4.69, 9.17) is 29.3 Å². The van der Waals surface area contributed by atoms with Gasteiger partial charge in [-0.05, 0) is 32.0 Å². The molecule has 0 spiro atoms. The fourth-order valence-electron chi connectivity index (χ4n) is 0.898. The van der Waals surface area contributed by atoms with Crippen LogP contribution in [-0.4, -0.2) is 25.0 Å². The molecule has 0 amide bonds. The van der Waals surface area contributed by atoms with Gasteiger partial charge in [0.05, 0.1) is 11.7 Å². The lowest BCUT2D eigenvalue weighted by atomic mass is 10.2. The Hall–Kier alpha value is -0.820. The second-order valence-electron chi connectivity index (χ2n) is 3.38. The second kappa shape index (κ2) is 7.58. The third-order valence-electron chi connectivity index (χ3n) is 1.40. The van der Waals surface area contributed by atoms with E-state index in [0.717, 1.165) is 0 Å². The summed E-state index contributed by atoms with van der Waals surface area (Å²) < 4.78 is 30.2. The molecule has 102 valence electrons. The largest absolute Gasteiger partial charge is 0.459 e. The highest BCUT2D eigenvalue weighted by Crippen LogP contribution is 2.12. The van der Waals surface area contributed by atoms with Gasteiger partial charge in [-0.1, -0.05) is 17.7 Å². The van der Waals surface area contributed by atoms with Crippen molar-refractivity contribution in [2.75, 3.05) is 0 Å². The van der Waals surface area contributed by atoms with E-state index in [0.29, 0.717) is 10.6 Å². The van der Waals surface area contributed by atoms with Gasteiger partial charge in [0.25, 0.3) is 0 Å². The summed E-state index contributed by atoms with van der Waals surface area (Å²) >= 11 is 5.72. The van der Waals surface area contributed by atoms with E-state index in [-0.39, 0.29) is 12.1 Å². The number of rotatable bonds is 2. The first-order valence-corrected chi connectivity index (χ1v) is 7.37. The molecule has 0 aliphatic carbocycles. The lowest BCUT2D eigenvalue weighted by molar-refractivity contribution is 0.0378. The summed E-state index contributed by atoms with van der Waals surface area (Å²) in [6.45, 7) is 3.62. The van der Waals surface area contributed by atoms with Crippen LogP contribution < -0.4 is 0 Å². The minimum absolute atomic E-state index is 0.105. The SMILES string of the molecule is CC(C)OC(=O)c1cccc(Cl)c1.O=S(=O)(O)Cl. The topological polar surface area (TPSA) is 80.7 Å². The average Bonchev–Trinajstić information content (AvgIpc) is 2.13. The van der Waals surface area contributed by atoms with Gasteiger partial charge in [0.1, 0.15) is 0 Å². The molecule has 0 aliphatic heterocycles. The molecule has 0 saturated carbocycles. The summed E-state index contributed by atoms with van der Waals surface area (Å²) in [7, 11) is -0.137. The maximum Gasteiger partial charge on any atom is 0.353 e. The fraction of sp³-hybridized carbons (Fsp3) is 0.300. The standard InChI is InChI=1S/C10H11ClO2.ClHO3S/c1-7(2)13-10(12)8-4-3-5-9(11)6-8;1-5(2,3)4/h3-7H,1-2H3;(H,2,3,4). The predicted octanol–water partition coefficient (Wildman–Crippen LogP) is 2.93. The molecule has 0 bridgehead atoms. The monoisotopic (exact) mass is 314 g/mol. The highest BCUT2D eigenvalue weighted by molar-refractivity contribution is 8.09. The van der Waals surface area contributed by atoms with Gasteiger partial charge in [-0.25, -0.2) is 4.79 Å². The van der Waals surface area contributed by atoms with Crippen molar-refractivity contribution < 1.29 is 22.5 Å². The lowest BCUT2D eigenvalue weighted by Crippen LogP contribution is -2.11. The molecule has 0 radical (unpaired) electrons. The van der Waals surface area contributed by atoms with Crippen molar-refractivity contribution in [1.82, 2.24) is 0 Å². The summed E-state index contributed by atoms with van der Waals surface area (Å²) in [6.07, 6.45) is -0.105. The summed E-state index contributed by atoms with van der Waals surface area (Å²) in [5.74, 6) is -0.336. The Balaban J connectivity index is 0.000000494. The molecule has 1 aromatic rings. The molecule has 18 heavy (non-hydrogen) atoms. The highest BCUT2D eigenvalue weighted by Gasteiger charge is 2.08. The Morgan fingerprint density at radius 2 is 1.89 bits per heavy atom. The molecule has 8 heteroatoms. The van der Waals surface area contributed by atoms with Gasteiger partial charge in [0.2, 0.25) is 0 Å². The Kier molecular flexibility index (Phi) is 7.23. The maximum absolute atomic E-state index is 11.3. The van der Waals surface area contributed by atoms with Gasteiger partial charge in [-0.2, -0.15) is 8.42 Å². The van der Waals surface area contributed by atoms with Crippen molar-refractivity contribution in [2.45, 2.75) is 20.0 Å². The van der Waals surface area contributed by atoms with Crippen molar-refractivity contribution in [3.8, 4) is 0 Å². The Morgan fingerprint density at radius 1 is 1.39 bits per heavy atom. The van der Waals surface area contributed by atoms with Crippen molar-refractivity contribution in [3.05, 3.63) is 34.9 Å². The molecule has 0 aromatic heterocycles. The lowest BCUT2D eigenvalue weighted by Gasteiger charge is -2.07. The van der Waals surface area contributed by atoms with Crippen LogP contribution in [0, 0.1) is 0 Å². The summed E-state index contributed by atoms with van der Waals surface area (Å²) in [5, 5.41) is 0.540. The van der Waals surface area contributed by atoms with Crippen molar-refractivity contribution in [1.29, 1.82) is 0 Å². The van der Waals surface area contributed by atoms with Crippen molar-refractivity contribution in [2.24, 2.45) is 0 Å². The van der Waals surface area contributed by atoms with Gasteiger partial charge in [0.15, 0.2) is 0 Å². The number of halogens is 2. The van der Waals surface area contributed by atoms with Crippen LogP contribution in [-0.2, 0) is 14.1 Å². The zero-order valence-corrected chi connectivity index (χ0v) is 12.0. The zero-order chi connectivity index (χ0) is 14.3. The minimum atomic E-state index is -4.19. The van der Waals surface area contributed by atoms with Gasteiger partial charge in [-0.15, -0.1) is 0 Å². The van der Waals surface area contributed by atoms with Crippen molar-refractivity contribution in [3.63, 3.8) is 0 Å². The molecule has 0 heterocycles. The van der Waals surface area contributed by atoms with E-state index in [1.807, 2.05) is 13.8 Å². The van der Waals surface area contributed by atoms with Gasteiger partial charge >= 0.3 is 15.3 Å². The summed E-state index contributed by atoms with van der Waals surface area (Å²) in [5.41, 5.74) is 0.487. The van der Waals surface area contributed by atoms with E-state index < -0.39 is 9.33 Å². The quantitative estimate of drug-likeness (QED) is 0.515. The average molecular weight is 315 g/mol. The number of carbonyl (C=O) groups is 1. The van der Waals surface area contributed by atoms with Crippen LogP contribution in [0.3, 0.4) is 0 Å². The molecule has 0 aliphatic rings. The number of hydrogen-bond acceptors (Lipinski definition) is 4. The van der Waals surface area contributed by atoms with Crippen LogP contribution in [0.25, 0.3) is 0 Å². The first kappa shape index (κ1) is 17.2. The molecule has 0 saturated heterocycles. The first-order valence-electron chi connectivity index (χ1n) is 4.73. The maximum atomic E-state index is 11.3. The van der Waals surface area contributed by atoms with Crippen LogP contribution in [0.5, 0.6) is 0 Å². The van der Waals surface area contributed by atoms with Gasteiger partial charge < -0.3 is 4.74 Å². The van der Waals surface area contributed by atoms with E-state index in [2.05, 4.69) is 10.7 Å². The number of carbonyl (C=O) groups excluding carboxylic acids is 1. The fourth-order valence-corrected chi connectivity index (χ4v) is 1.09. The molecule has 1 rings (SSSR count). The van der Waals surface area contributed by atoms with Crippen LogP contribution in [0.15, 0.2) is 24.3 Å². The second-order valence-corrected chi connectivity index (χ2v) is 5.81. The van der Waals surface area contributed by atoms with Gasteiger partial charge in [0, 0.05) is 15.7 Å². The van der Waals surface area contributed by atoms with Crippen LogP contribution in [0.2, 0.25) is 5.02 Å². The van der Waals surface area contributed by atoms with E-state index in [1.54, 1.807) is 24.3 Å². The van der Waals surface area contributed by atoms with E-state index >= 15 is 0 Å². The molecule has 0 unspecified atom stereocenters. The number of esters is 1. The van der Waals surface area contributed by atoms with Crippen LogP contribution in [0.4, 0.5) is 0 Å². The van der Waals surface area contributed by atoms with Gasteiger partial charge in [-0.3, -0.25) is 4.55 Å². The molecule has 0 atom stereocenters. The normalized spacial score (nSPS) is 10.6. The molecule has 1 aromatic carbocycles. The first-order chi connectivity index (χ1) is 8.09. The Morgan fingerprint density at radius 3 is 2.28 bits per heavy atom. The number of ether oxygens (including phenoxy) is 1. The predicted molar refractivity (Wildman–Crippen MR) is 69.4 cm³/mol. The molecule has 1 N–H and O–H groups in total. The Bertz CT molecular complexity index is 491. The third-order valence-corrected chi connectivity index (χ3v) is 1.64. The van der Waals surface area contributed by atoms with E-state index in [1.165, 1.54) is 0 Å². The molecular formula is C10H12Cl2O5S. The summed E-state index contributed by atoms with van der Waals surface area (Å²) in [4.78, 5) is 11.3. The van der Waals surface area contributed by atoms with Crippen LogP contribution in [0.1, 0.15) is 24.2 Å². The van der Waals surface area contributed by atoms with Crippen molar-refractivity contribution >= 4 is 37.6 Å². The molecule has 0 fully saturated rings. The molecule has 5 nitrogen and oxygen atoms in total. The zero-order valence-electron chi connectivity index (χ0n) is 9.63. The van der Waals surface area contributed by atoms with Crippen LogP contribution >= 0.6 is 22.3 Å². The third kappa shape index (κ3) is 10.3. The van der Waals surface area contributed by atoms with E-state index in [9.17, 15) is 4.79 Å². The molecular weight excluding hydrogens is 303 g/mol. The summed E-state index contributed by atoms with van der Waals surface area (Å²) in [6, 6.07) is 6.70. The Labute approximate surface area is 115 Å².